The number of aromatic nitrogens is 2. The van der Waals surface area contributed by atoms with E-state index in [4.69, 9.17) is 4.74 Å². The highest BCUT2D eigenvalue weighted by molar-refractivity contribution is 5.79. The Hall–Kier alpha value is -2.57. The topological polar surface area (TPSA) is 63.5 Å². The van der Waals surface area contributed by atoms with E-state index in [1.165, 1.54) is 12.1 Å². The van der Waals surface area contributed by atoms with Crippen LogP contribution in [0.2, 0.25) is 0 Å². The molecule has 0 fully saturated rings. The zero-order chi connectivity index (χ0) is 16.7. The van der Waals surface area contributed by atoms with Gasteiger partial charge >= 0.3 is 0 Å². The van der Waals surface area contributed by atoms with Gasteiger partial charge in [-0.05, 0) is 25.1 Å². The lowest BCUT2D eigenvalue weighted by atomic mass is 10.3. The maximum atomic E-state index is 13.1. The van der Waals surface area contributed by atoms with Crippen LogP contribution in [0, 0.1) is 5.82 Å². The summed E-state index contributed by atoms with van der Waals surface area (Å²) >= 11 is 0. The molecule has 0 radical (unpaired) electrons. The van der Waals surface area contributed by atoms with Crippen LogP contribution in [0.15, 0.2) is 41.5 Å². The predicted molar refractivity (Wildman–Crippen MR) is 87.9 cm³/mol. The fourth-order valence-electron chi connectivity index (χ4n) is 2.02. The Bertz CT molecular complexity index is 655. The summed E-state index contributed by atoms with van der Waals surface area (Å²) in [5.74, 6) is 0.870. The third-order valence-electron chi connectivity index (χ3n) is 3.27. The van der Waals surface area contributed by atoms with Crippen molar-refractivity contribution in [1.82, 2.24) is 20.4 Å². The van der Waals surface area contributed by atoms with E-state index in [1.54, 1.807) is 30.1 Å². The van der Waals surface area contributed by atoms with Crippen LogP contribution >= 0.6 is 0 Å². The molecule has 0 aliphatic heterocycles. The second-order valence-electron chi connectivity index (χ2n) is 5.14. The van der Waals surface area contributed by atoms with Crippen molar-refractivity contribution in [3.05, 3.63) is 48.0 Å². The van der Waals surface area contributed by atoms with Gasteiger partial charge in [-0.15, -0.1) is 0 Å². The first kappa shape index (κ1) is 16.8. The molecular weight excluding hydrogens is 297 g/mol. The van der Waals surface area contributed by atoms with E-state index < -0.39 is 0 Å². The zero-order valence-electron chi connectivity index (χ0n) is 13.6. The number of halogens is 1. The van der Waals surface area contributed by atoms with Crippen molar-refractivity contribution in [2.24, 2.45) is 12.0 Å². The summed E-state index contributed by atoms with van der Waals surface area (Å²) in [6.07, 6.45) is 1.62. The molecule has 1 aromatic heterocycles. The van der Waals surface area contributed by atoms with Gasteiger partial charge in [-0.1, -0.05) is 6.07 Å². The smallest absolute Gasteiger partial charge is 0.191 e. The summed E-state index contributed by atoms with van der Waals surface area (Å²) in [5, 5.41) is 10.5. The summed E-state index contributed by atoms with van der Waals surface area (Å²) in [4.78, 5) is 4.16. The van der Waals surface area contributed by atoms with Gasteiger partial charge in [0.1, 0.15) is 17.7 Å². The number of guanidine groups is 1. The van der Waals surface area contributed by atoms with Crippen molar-refractivity contribution in [3.8, 4) is 5.75 Å². The molecular formula is C16H22FN5O. The molecule has 1 unspecified atom stereocenters. The highest BCUT2D eigenvalue weighted by Gasteiger charge is 2.07. The molecule has 0 spiro atoms. The van der Waals surface area contributed by atoms with Gasteiger partial charge in [0.05, 0.1) is 18.8 Å². The maximum Gasteiger partial charge on any atom is 0.191 e. The Morgan fingerprint density at radius 3 is 2.87 bits per heavy atom. The average Bonchev–Trinajstić information content (AvgIpc) is 2.93. The van der Waals surface area contributed by atoms with Crippen molar-refractivity contribution in [2.45, 2.75) is 19.6 Å². The fourth-order valence-corrected chi connectivity index (χ4v) is 2.02. The molecule has 6 nitrogen and oxygen atoms in total. The largest absolute Gasteiger partial charge is 0.489 e. The van der Waals surface area contributed by atoms with E-state index in [9.17, 15) is 4.39 Å². The van der Waals surface area contributed by atoms with Crippen molar-refractivity contribution < 1.29 is 9.13 Å². The van der Waals surface area contributed by atoms with E-state index in [-0.39, 0.29) is 11.9 Å². The number of benzene rings is 1. The number of hydrogen-bond donors (Lipinski definition) is 2. The standard InChI is InChI=1S/C16H22FN5O/c1-12(23-15-6-4-5-13(17)9-15)10-19-16(18-2)20-11-14-7-8-21-22(14)3/h4-9,12H,10-11H2,1-3H3,(H2,18,19,20). The third-order valence-corrected chi connectivity index (χ3v) is 3.27. The van der Waals surface area contributed by atoms with Crippen LogP contribution in [-0.2, 0) is 13.6 Å². The fraction of sp³-hybridized carbons (Fsp3) is 0.375. The van der Waals surface area contributed by atoms with Crippen LogP contribution in [0.4, 0.5) is 4.39 Å². The van der Waals surface area contributed by atoms with Crippen molar-refractivity contribution in [1.29, 1.82) is 0 Å². The van der Waals surface area contributed by atoms with Crippen molar-refractivity contribution in [2.75, 3.05) is 13.6 Å². The molecule has 0 aliphatic rings. The minimum atomic E-state index is -0.309. The minimum absolute atomic E-state index is 0.132. The number of rotatable bonds is 6. The van der Waals surface area contributed by atoms with E-state index in [0.29, 0.717) is 24.8 Å². The van der Waals surface area contributed by atoms with Gasteiger partial charge < -0.3 is 15.4 Å². The Balaban J connectivity index is 1.77. The lowest BCUT2D eigenvalue weighted by molar-refractivity contribution is 0.223. The molecule has 2 N–H and O–H groups in total. The highest BCUT2D eigenvalue weighted by Crippen LogP contribution is 2.13. The summed E-state index contributed by atoms with van der Waals surface area (Å²) in [5.41, 5.74) is 1.05. The number of nitrogens with zero attached hydrogens (tertiary/aromatic N) is 3. The predicted octanol–water partition coefficient (Wildman–Crippen LogP) is 1.69. The Kier molecular flexibility index (Phi) is 5.96. The number of aryl methyl sites for hydroxylation is 1. The van der Waals surface area contributed by atoms with Crippen LogP contribution in [0.25, 0.3) is 0 Å². The van der Waals surface area contributed by atoms with Gasteiger partial charge in [0.2, 0.25) is 0 Å². The molecule has 124 valence electrons. The summed E-state index contributed by atoms with van der Waals surface area (Å²) in [7, 11) is 3.60. The van der Waals surface area contributed by atoms with Gasteiger partial charge in [0.25, 0.3) is 0 Å². The first-order valence-corrected chi connectivity index (χ1v) is 7.42. The molecule has 23 heavy (non-hydrogen) atoms. The first-order valence-electron chi connectivity index (χ1n) is 7.42. The van der Waals surface area contributed by atoms with Gasteiger partial charge in [-0.25, -0.2) is 4.39 Å². The summed E-state index contributed by atoms with van der Waals surface area (Å²) in [6.45, 7) is 3.07. The molecule has 0 saturated carbocycles. The average molecular weight is 319 g/mol. The maximum absolute atomic E-state index is 13.1. The highest BCUT2D eigenvalue weighted by atomic mass is 19.1. The molecule has 0 bridgehead atoms. The quantitative estimate of drug-likeness (QED) is 0.628. The van der Waals surface area contributed by atoms with Crippen LogP contribution in [0.5, 0.6) is 5.75 Å². The first-order chi connectivity index (χ1) is 11.1. The molecule has 1 aromatic carbocycles. The van der Waals surface area contributed by atoms with Crippen LogP contribution in [-0.4, -0.2) is 35.4 Å². The third kappa shape index (κ3) is 5.28. The van der Waals surface area contributed by atoms with Gasteiger partial charge in [-0.2, -0.15) is 5.10 Å². The molecule has 0 aliphatic carbocycles. The Morgan fingerprint density at radius 1 is 1.39 bits per heavy atom. The van der Waals surface area contributed by atoms with E-state index in [0.717, 1.165) is 5.69 Å². The van der Waals surface area contributed by atoms with Crippen molar-refractivity contribution in [3.63, 3.8) is 0 Å². The summed E-state index contributed by atoms with van der Waals surface area (Å²) in [6, 6.07) is 8.05. The van der Waals surface area contributed by atoms with Crippen LogP contribution < -0.4 is 15.4 Å². The van der Waals surface area contributed by atoms with Gasteiger partial charge in [-0.3, -0.25) is 9.67 Å². The molecule has 2 rings (SSSR count). The monoisotopic (exact) mass is 319 g/mol. The number of nitrogens with one attached hydrogen (secondary N) is 2. The Morgan fingerprint density at radius 2 is 2.22 bits per heavy atom. The number of ether oxygens (including phenoxy) is 1. The normalized spacial score (nSPS) is 12.8. The Labute approximate surface area is 135 Å². The summed E-state index contributed by atoms with van der Waals surface area (Å²) < 4.78 is 20.6. The van der Waals surface area contributed by atoms with Gasteiger partial charge in [0, 0.05) is 26.4 Å². The lowest BCUT2D eigenvalue weighted by Crippen LogP contribution is -2.41. The van der Waals surface area contributed by atoms with E-state index in [2.05, 4.69) is 20.7 Å². The molecule has 0 saturated heterocycles. The minimum Gasteiger partial charge on any atom is -0.489 e. The zero-order valence-corrected chi connectivity index (χ0v) is 13.6. The molecule has 0 amide bonds. The van der Waals surface area contributed by atoms with Crippen LogP contribution in [0.1, 0.15) is 12.6 Å². The second kappa shape index (κ2) is 8.17. The van der Waals surface area contributed by atoms with E-state index in [1.807, 2.05) is 20.0 Å². The second-order valence-corrected chi connectivity index (χ2v) is 5.14. The lowest BCUT2D eigenvalue weighted by Gasteiger charge is -2.17. The molecule has 7 heteroatoms. The number of hydrogen-bond acceptors (Lipinski definition) is 3. The molecule has 1 atom stereocenters. The molecule has 1 heterocycles. The van der Waals surface area contributed by atoms with Crippen LogP contribution in [0.3, 0.4) is 0 Å². The number of aliphatic imine (C=N–C) groups is 1. The molecule has 2 aromatic rings. The van der Waals surface area contributed by atoms with E-state index >= 15 is 0 Å². The van der Waals surface area contributed by atoms with Crippen molar-refractivity contribution >= 4 is 5.96 Å². The SMILES string of the molecule is CN=C(NCc1ccnn1C)NCC(C)Oc1cccc(F)c1. The van der Waals surface area contributed by atoms with Gasteiger partial charge in [0.15, 0.2) is 5.96 Å².